The molecule has 2 rings (SSSR count). The highest BCUT2D eigenvalue weighted by atomic mass is 79.9. The lowest BCUT2D eigenvalue weighted by molar-refractivity contribution is 0.0945. The molecule has 22 heavy (non-hydrogen) atoms. The van der Waals surface area contributed by atoms with Crippen molar-refractivity contribution in [1.82, 2.24) is 15.1 Å². The Balaban J connectivity index is 0.00000242. The van der Waals surface area contributed by atoms with Gasteiger partial charge in [-0.05, 0) is 45.0 Å². The van der Waals surface area contributed by atoms with E-state index in [9.17, 15) is 4.79 Å². The Morgan fingerprint density at radius 1 is 1.36 bits per heavy atom. The average molecular weight is 388 g/mol. The summed E-state index contributed by atoms with van der Waals surface area (Å²) in [6.45, 7) is 6.02. The van der Waals surface area contributed by atoms with Crippen LogP contribution in [0.15, 0.2) is 34.9 Å². The molecule has 0 radical (unpaired) electrons. The predicted molar refractivity (Wildman–Crippen MR) is 93.8 cm³/mol. The topological polar surface area (TPSA) is 72.9 Å². The second kappa shape index (κ2) is 7.26. The fourth-order valence-corrected chi connectivity index (χ4v) is 2.14. The molecule has 0 unspecified atom stereocenters. The number of benzene rings is 1. The van der Waals surface area contributed by atoms with E-state index in [-0.39, 0.29) is 18.3 Å². The highest BCUT2D eigenvalue weighted by Gasteiger charge is 2.17. The number of aromatic nitrogens is 2. The number of hydrogen-bond donors (Lipinski definition) is 2. The third kappa shape index (κ3) is 4.56. The first-order valence-corrected chi connectivity index (χ1v) is 7.45. The Morgan fingerprint density at radius 3 is 2.50 bits per heavy atom. The number of nitrogens with two attached hydrogens (primary N) is 1. The zero-order chi connectivity index (χ0) is 15.6. The molecule has 0 saturated heterocycles. The monoisotopic (exact) mass is 386 g/mol. The summed E-state index contributed by atoms with van der Waals surface area (Å²) < 4.78 is 2.74. The quantitative estimate of drug-likeness (QED) is 0.847. The van der Waals surface area contributed by atoms with Crippen LogP contribution in [0.1, 0.15) is 29.9 Å². The van der Waals surface area contributed by atoms with Gasteiger partial charge in [-0.25, -0.2) is 4.68 Å². The van der Waals surface area contributed by atoms with E-state index in [0.717, 1.165) is 15.9 Å². The largest absolute Gasteiger partial charge is 0.350 e. The van der Waals surface area contributed by atoms with Crippen molar-refractivity contribution in [3.63, 3.8) is 0 Å². The number of nitrogens with zero attached hydrogens (tertiary/aromatic N) is 2. The molecule has 0 fully saturated rings. The fourth-order valence-electron chi connectivity index (χ4n) is 1.88. The van der Waals surface area contributed by atoms with Gasteiger partial charge in [0.15, 0.2) is 0 Å². The Kier molecular flexibility index (Phi) is 6.17. The molecule has 120 valence electrons. The average Bonchev–Trinajstić information content (AvgIpc) is 2.78. The van der Waals surface area contributed by atoms with Gasteiger partial charge in [0, 0.05) is 16.6 Å². The fraction of sp³-hybridized carbons (Fsp3) is 0.333. The van der Waals surface area contributed by atoms with Crippen LogP contribution in [-0.4, -0.2) is 27.8 Å². The molecule has 0 spiro atoms. The lowest BCUT2D eigenvalue weighted by Gasteiger charge is -2.18. The van der Waals surface area contributed by atoms with Gasteiger partial charge < -0.3 is 11.1 Å². The molecule has 2 aromatic rings. The van der Waals surface area contributed by atoms with Crippen LogP contribution >= 0.6 is 28.3 Å². The summed E-state index contributed by atoms with van der Waals surface area (Å²) >= 11 is 3.40. The van der Waals surface area contributed by atoms with Crippen LogP contribution in [0.25, 0.3) is 5.69 Å². The zero-order valence-corrected chi connectivity index (χ0v) is 15.2. The Labute approximate surface area is 144 Å². The molecular formula is C15H20BrClN4O. The van der Waals surface area contributed by atoms with E-state index >= 15 is 0 Å². The molecule has 0 aliphatic heterocycles. The van der Waals surface area contributed by atoms with Gasteiger partial charge in [-0.1, -0.05) is 15.9 Å². The number of amides is 1. The van der Waals surface area contributed by atoms with E-state index in [0.29, 0.717) is 12.1 Å². The van der Waals surface area contributed by atoms with E-state index in [4.69, 9.17) is 5.73 Å². The molecular weight excluding hydrogens is 368 g/mol. The van der Waals surface area contributed by atoms with Gasteiger partial charge in [-0.3, -0.25) is 4.79 Å². The summed E-state index contributed by atoms with van der Waals surface area (Å²) in [7, 11) is 0. The van der Waals surface area contributed by atoms with Crippen molar-refractivity contribution in [2.24, 2.45) is 5.73 Å². The number of nitrogens with one attached hydrogen (secondary N) is 1. The van der Waals surface area contributed by atoms with E-state index in [1.54, 1.807) is 10.9 Å². The van der Waals surface area contributed by atoms with Crippen LogP contribution in [0.4, 0.5) is 0 Å². The molecule has 0 aliphatic rings. The zero-order valence-electron chi connectivity index (χ0n) is 12.8. The van der Waals surface area contributed by atoms with Gasteiger partial charge in [-0.2, -0.15) is 5.10 Å². The molecule has 1 heterocycles. The summed E-state index contributed by atoms with van der Waals surface area (Å²) in [5, 5.41) is 7.12. The van der Waals surface area contributed by atoms with Gasteiger partial charge in [0.05, 0.1) is 23.1 Å². The van der Waals surface area contributed by atoms with Crippen molar-refractivity contribution in [2.75, 3.05) is 6.54 Å². The van der Waals surface area contributed by atoms with Crippen LogP contribution in [0, 0.1) is 6.92 Å². The van der Waals surface area contributed by atoms with Gasteiger partial charge in [-0.15, -0.1) is 12.4 Å². The minimum absolute atomic E-state index is 0. The molecule has 0 aliphatic carbocycles. The Hall–Kier alpha value is -1.37. The summed E-state index contributed by atoms with van der Waals surface area (Å²) in [6.07, 6.45) is 1.58. The first-order chi connectivity index (χ1) is 9.78. The molecule has 1 aromatic carbocycles. The van der Waals surface area contributed by atoms with Crippen molar-refractivity contribution in [3.8, 4) is 5.69 Å². The molecule has 1 amide bonds. The van der Waals surface area contributed by atoms with Crippen LogP contribution in [0.5, 0.6) is 0 Å². The predicted octanol–water partition coefficient (Wildman–Crippen LogP) is 2.83. The number of carbonyl (C=O) groups is 1. The Morgan fingerprint density at radius 2 is 1.95 bits per heavy atom. The standard InChI is InChI=1S/C15H19BrN4O.ClH/c1-10-13(14(21)18-9-15(2,3)17)8-19-20(10)12-6-4-11(16)5-7-12;/h4-8H,9,17H2,1-3H3,(H,18,21);1H. The molecule has 0 bridgehead atoms. The van der Waals surface area contributed by atoms with E-state index < -0.39 is 5.54 Å². The lowest BCUT2D eigenvalue weighted by Crippen LogP contribution is -2.45. The van der Waals surface area contributed by atoms with Crippen molar-refractivity contribution in [3.05, 3.63) is 46.2 Å². The maximum absolute atomic E-state index is 12.2. The maximum atomic E-state index is 12.2. The van der Waals surface area contributed by atoms with Crippen LogP contribution in [0.2, 0.25) is 0 Å². The number of halogens is 2. The minimum Gasteiger partial charge on any atom is -0.350 e. The van der Waals surface area contributed by atoms with Crippen LogP contribution in [-0.2, 0) is 0 Å². The number of hydrogen-bond acceptors (Lipinski definition) is 3. The second-order valence-corrected chi connectivity index (χ2v) is 6.62. The van der Waals surface area contributed by atoms with Crippen molar-refractivity contribution in [2.45, 2.75) is 26.3 Å². The summed E-state index contributed by atoms with van der Waals surface area (Å²) in [4.78, 5) is 12.2. The summed E-state index contributed by atoms with van der Waals surface area (Å²) in [5.74, 6) is -0.158. The molecule has 7 heteroatoms. The number of carbonyl (C=O) groups excluding carboxylic acids is 1. The van der Waals surface area contributed by atoms with Crippen LogP contribution < -0.4 is 11.1 Å². The smallest absolute Gasteiger partial charge is 0.254 e. The van der Waals surface area contributed by atoms with E-state index in [2.05, 4.69) is 26.3 Å². The first-order valence-electron chi connectivity index (χ1n) is 6.65. The molecule has 3 N–H and O–H groups in total. The van der Waals surface area contributed by atoms with Crippen molar-refractivity contribution >= 4 is 34.2 Å². The second-order valence-electron chi connectivity index (χ2n) is 5.70. The molecule has 0 saturated carbocycles. The van der Waals surface area contributed by atoms with Gasteiger partial charge in [0.2, 0.25) is 0 Å². The van der Waals surface area contributed by atoms with Crippen LogP contribution in [0.3, 0.4) is 0 Å². The third-order valence-corrected chi connectivity index (χ3v) is 3.56. The minimum atomic E-state index is -0.439. The van der Waals surface area contributed by atoms with E-state index in [1.165, 1.54) is 0 Å². The number of rotatable bonds is 4. The maximum Gasteiger partial charge on any atom is 0.254 e. The normalized spacial score (nSPS) is 11.0. The summed E-state index contributed by atoms with van der Waals surface area (Å²) in [6, 6.07) is 7.75. The first kappa shape index (κ1) is 18.7. The van der Waals surface area contributed by atoms with Crippen molar-refractivity contribution in [1.29, 1.82) is 0 Å². The molecule has 1 aromatic heterocycles. The lowest BCUT2D eigenvalue weighted by atomic mass is 10.1. The van der Waals surface area contributed by atoms with Gasteiger partial charge >= 0.3 is 0 Å². The van der Waals surface area contributed by atoms with Crippen molar-refractivity contribution < 1.29 is 4.79 Å². The third-order valence-electron chi connectivity index (χ3n) is 3.03. The highest BCUT2D eigenvalue weighted by Crippen LogP contribution is 2.17. The summed E-state index contributed by atoms with van der Waals surface area (Å²) in [5.41, 5.74) is 7.70. The van der Waals surface area contributed by atoms with E-state index in [1.807, 2.05) is 45.0 Å². The molecule has 5 nitrogen and oxygen atoms in total. The molecule has 0 atom stereocenters. The SMILES string of the molecule is Cc1c(C(=O)NCC(C)(C)N)cnn1-c1ccc(Br)cc1.Cl. The van der Waals surface area contributed by atoms with Gasteiger partial charge in [0.1, 0.15) is 0 Å². The van der Waals surface area contributed by atoms with Gasteiger partial charge in [0.25, 0.3) is 5.91 Å². The Bertz CT molecular complexity index is 647. The highest BCUT2D eigenvalue weighted by molar-refractivity contribution is 9.10.